The Balaban J connectivity index is 1.88. The molecule has 2 nitrogen and oxygen atoms in total. The van der Waals surface area contributed by atoms with E-state index in [1.165, 1.54) is 48.9 Å². The zero-order valence-corrected chi connectivity index (χ0v) is 14.5. The van der Waals surface area contributed by atoms with Crippen molar-refractivity contribution < 1.29 is 0 Å². The predicted octanol–water partition coefficient (Wildman–Crippen LogP) is 4.22. The Morgan fingerprint density at radius 2 is 1.90 bits per heavy atom. The number of nitrogens with one attached hydrogen (secondary N) is 1. The fourth-order valence-corrected chi connectivity index (χ4v) is 3.47. The fourth-order valence-electron chi connectivity index (χ4n) is 2.91. The molecule has 1 fully saturated rings. The molecule has 1 atom stereocenters. The van der Waals surface area contributed by atoms with Crippen LogP contribution >= 0.6 is 15.9 Å². The van der Waals surface area contributed by atoms with Crippen LogP contribution in [0.4, 0.5) is 0 Å². The predicted molar refractivity (Wildman–Crippen MR) is 90.0 cm³/mol. The van der Waals surface area contributed by atoms with Gasteiger partial charge in [-0.25, -0.2) is 0 Å². The molecule has 0 radical (unpaired) electrons. The van der Waals surface area contributed by atoms with Gasteiger partial charge in [0.15, 0.2) is 0 Å². The van der Waals surface area contributed by atoms with Crippen molar-refractivity contribution in [2.45, 2.75) is 39.2 Å². The largest absolute Gasteiger partial charge is 0.313 e. The highest BCUT2D eigenvalue weighted by atomic mass is 79.9. The topological polar surface area (TPSA) is 15.3 Å². The first-order chi connectivity index (χ1) is 9.52. The van der Waals surface area contributed by atoms with Gasteiger partial charge in [-0.05, 0) is 63.0 Å². The third-order valence-corrected chi connectivity index (χ3v) is 5.29. The van der Waals surface area contributed by atoms with Crippen LogP contribution < -0.4 is 5.32 Å². The summed E-state index contributed by atoms with van der Waals surface area (Å²) in [5, 5.41) is 3.46. The van der Waals surface area contributed by atoms with Gasteiger partial charge in [-0.3, -0.25) is 0 Å². The van der Waals surface area contributed by atoms with Gasteiger partial charge in [-0.1, -0.05) is 48.0 Å². The van der Waals surface area contributed by atoms with Crippen molar-refractivity contribution >= 4 is 15.9 Å². The van der Waals surface area contributed by atoms with Crippen LogP contribution in [0.15, 0.2) is 28.7 Å². The average molecular weight is 339 g/mol. The molecule has 1 aromatic rings. The van der Waals surface area contributed by atoms with Gasteiger partial charge in [0.05, 0.1) is 0 Å². The number of halogens is 1. The van der Waals surface area contributed by atoms with Gasteiger partial charge >= 0.3 is 0 Å². The molecule has 0 aromatic heterocycles. The number of hydrogen-bond acceptors (Lipinski definition) is 2. The van der Waals surface area contributed by atoms with E-state index in [1.54, 1.807) is 0 Å². The number of rotatable bonds is 5. The van der Waals surface area contributed by atoms with E-state index in [0.29, 0.717) is 11.5 Å². The second kappa shape index (κ2) is 7.06. The van der Waals surface area contributed by atoms with Gasteiger partial charge in [-0.2, -0.15) is 0 Å². The molecule has 2 rings (SSSR count). The molecule has 1 unspecified atom stereocenters. The van der Waals surface area contributed by atoms with Crippen LogP contribution in [0.1, 0.15) is 44.7 Å². The Morgan fingerprint density at radius 1 is 1.25 bits per heavy atom. The summed E-state index contributed by atoms with van der Waals surface area (Å²) in [6, 6.07) is 8.97. The smallest absolute Gasteiger partial charge is 0.0340 e. The summed E-state index contributed by atoms with van der Waals surface area (Å²) in [6.07, 6.45) is 3.82. The molecule has 0 saturated carbocycles. The summed E-state index contributed by atoms with van der Waals surface area (Å²) in [5.74, 6) is 0. The lowest BCUT2D eigenvalue weighted by atomic mass is 9.82. The van der Waals surface area contributed by atoms with Crippen LogP contribution in [0.5, 0.6) is 0 Å². The highest BCUT2D eigenvalue weighted by Gasteiger charge is 2.25. The summed E-state index contributed by atoms with van der Waals surface area (Å²) >= 11 is 3.67. The Morgan fingerprint density at radius 3 is 2.50 bits per heavy atom. The fraction of sp³-hybridized carbons (Fsp3) is 0.647. The number of benzene rings is 1. The first kappa shape index (κ1) is 16.0. The number of piperidine rings is 1. The maximum absolute atomic E-state index is 3.67. The molecular weight excluding hydrogens is 312 g/mol. The standard InChI is InChI=1S/C17H27BrN2/c1-17(2)9-12-20(13-10-17)11-8-16(19-3)14-6-4-5-7-15(14)18/h4-7,16,19H,8-13H2,1-3H3. The van der Waals surface area contributed by atoms with Crippen molar-refractivity contribution in [2.24, 2.45) is 5.41 Å². The molecule has 112 valence electrons. The Bertz CT molecular complexity index is 421. The molecule has 0 amide bonds. The highest BCUT2D eigenvalue weighted by Crippen LogP contribution is 2.31. The summed E-state index contributed by atoms with van der Waals surface area (Å²) < 4.78 is 1.21. The van der Waals surface area contributed by atoms with Gasteiger partial charge < -0.3 is 10.2 Å². The minimum Gasteiger partial charge on any atom is -0.313 e. The van der Waals surface area contributed by atoms with E-state index >= 15 is 0 Å². The molecule has 1 aromatic carbocycles. The summed E-state index contributed by atoms with van der Waals surface area (Å²) in [4.78, 5) is 2.62. The van der Waals surface area contributed by atoms with Crippen molar-refractivity contribution in [1.29, 1.82) is 0 Å². The van der Waals surface area contributed by atoms with E-state index in [-0.39, 0.29) is 0 Å². The van der Waals surface area contributed by atoms with E-state index in [4.69, 9.17) is 0 Å². The van der Waals surface area contributed by atoms with E-state index in [1.807, 2.05) is 0 Å². The number of likely N-dealkylation sites (tertiary alicyclic amines) is 1. The zero-order chi connectivity index (χ0) is 14.6. The van der Waals surface area contributed by atoms with Crippen molar-refractivity contribution in [3.63, 3.8) is 0 Å². The minimum absolute atomic E-state index is 0.431. The maximum atomic E-state index is 3.67. The summed E-state index contributed by atoms with van der Waals surface area (Å²) in [7, 11) is 2.06. The molecule has 0 spiro atoms. The molecular formula is C17H27BrN2. The third kappa shape index (κ3) is 4.31. The Hall–Kier alpha value is -0.380. The van der Waals surface area contributed by atoms with Crippen LogP contribution in [0, 0.1) is 5.41 Å². The third-order valence-electron chi connectivity index (χ3n) is 4.57. The Kier molecular flexibility index (Phi) is 5.65. The van der Waals surface area contributed by atoms with Crippen molar-refractivity contribution in [2.75, 3.05) is 26.7 Å². The second-order valence-corrected chi connectivity index (χ2v) is 7.51. The van der Waals surface area contributed by atoms with E-state index in [0.717, 1.165) is 0 Å². The van der Waals surface area contributed by atoms with Crippen molar-refractivity contribution in [3.05, 3.63) is 34.3 Å². The first-order valence-corrected chi connectivity index (χ1v) is 8.45. The van der Waals surface area contributed by atoms with Crippen molar-refractivity contribution in [3.8, 4) is 0 Å². The molecule has 1 heterocycles. The highest BCUT2D eigenvalue weighted by molar-refractivity contribution is 9.10. The van der Waals surface area contributed by atoms with Gasteiger partial charge in [0, 0.05) is 10.5 Å². The number of nitrogens with zero attached hydrogens (tertiary/aromatic N) is 1. The minimum atomic E-state index is 0.431. The van der Waals surface area contributed by atoms with Crippen molar-refractivity contribution in [1.82, 2.24) is 10.2 Å². The molecule has 20 heavy (non-hydrogen) atoms. The second-order valence-electron chi connectivity index (χ2n) is 6.66. The summed E-state index contributed by atoms with van der Waals surface area (Å²) in [6.45, 7) is 8.46. The lowest BCUT2D eigenvalue weighted by Crippen LogP contribution is -2.38. The normalized spacial score (nSPS) is 20.8. The van der Waals surface area contributed by atoms with Crippen LogP contribution in [0.2, 0.25) is 0 Å². The zero-order valence-electron chi connectivity index (χ0n) is 13.0. The Labute approximate surface area is 132 Å². The lowest BCUT2D eigenvalue weighted by molar-refractivity contribution is 0.128. The quantitative estimate of drug-likeness (QED) is 0.864. The van der Waals surface area contributed by atoms with Crippen LogP contribution in [-0.2, 0) is 0 Å². The van der Waals surface area contributed by atoms with Crippen LogP contribution in [0.3, 0.4) is 0 Å². The van der Waals surface area contributed by atoms with E-state index in [9.17, 15) is 0 Å². The van der Waals surface area contributed by atoms with E-state index < -0.39 is 0 Å². The molecule has 1 aliphatic heterocycles. The van der Waals surface area contributed by atoms with Crippen LogP contribution in [0.25, 0.3) is 0 Å². The molecule has 1 N–H and O–H groups in total. The van der Waals surface area contributed by atoms with Gasteiger partial charge in [-0.15, -0.1) is 0 Å². The monoisotopic (exact) mass is 338 g/mol. The molecule has 1 saturated heterocycles. The maximum Gasteiger partial charge on any atom is 0.0340 e. The van der Waals surface area contributed by atoms with E-state index in [2.05, 4.69) is 71.3 Å². The lowest BCUT2D eigenvalue weighted by Gasteiger charge is -2.37. The number of hydrogen-bond donors (Lipinski definition) is 1. The summed E-state index contributed by atoms with van der Waals surface area (Å²) in [5.41, 5.74) is 1.91. The molecule has 0 aliphatic carbocycles. The molecule has 1 aliphatic rings. The van der Waals surface area contributed by atoms with Crippen LogP contribution in [-0.4, -0.2) is 31.6 Å². The van der Waals surface area contributed by atoms with Gasteiger partial charge in [0.1, 0.15) is 0 Å². The van der Waals surface area contributed by atoms with Gasteiger partial charge in [0.2, 0.25) is 0 Å². The molecule has 0 bridgehead atoms. The average Bonchev–Trinajstić information content (AvgIpc) is 2.43. The van der Waals surface area contributed by atoms with Gasteiger partial charge in [0.25, 0.3) is 0 Å². The first-order valence-electron chi connectivity index (χ1n) is 7.66. The molecule has 3 heteroatoms. The SMILES string of the molecule is CNC(CCN1CCC(C)(C)CC1)c1ccccc1Br.